The van der Waals surface area contributed by atoms with Crippen molar-refractivity contribution < 1.29 is 13.9 Å². The highest BCUT2D eigenvalue weighted by Gasteiger charge is 2.12. The van der Waals surface area contributed by atoms with Crippen LogP contribution in [0.15, 0.2) is 10.9 Å². The van der Waals surface area contributed by atoms with Crippen molar-refractivity contribution >= 4 is 11.1 Å². The summed E-state index contributed by atoms with van der Waals surface area (Å²) in [6.45, 7) is 1.61. The number of aryl methyl sites for hydroxylation is 1. The fourth-order valence-electron chi connectivity index (χ4n) is 1.15. The second-order valence-electron chi connectivity index (χ2n) is 2.99. The highest BCUT2D eigenvalue weighted by molar-refractivity contribution is 7.78. The Balaban J connectivity index is 3.36. The molecule has 1 heterocycles. The fraction of sp³-hybridized carbons (Fsp3) is 0.375. The molecule has 2 N–H and O–H groups in total. The molecular weight excluding hydrogens is 206 g/mol. The topological polar surface area (TPSA) is 79.5 Å². The molecule has 1 aromatic rings. The lowest BCUT2D eigenvalue weighted by atomic mass is 10.2. The van der Waals surface area contributed by atoms with Crippen molar-refractivity contribution in [2.75, 3.05) is 0 Å². The van der Waals surface area contributed by atoms with Gasteiger partial charge in [0.15, 0.2) is 17.0 Å². The summed E-state index contributed by atoms with van der Waals surface area (Å²) in [6.07, 6.45) is 0. The minimum Gasteiger partial charge on any atom is -0.494 e. The Morgan fingerprint density at radius 1 is 1.57 bits per heavy atom. The van der Waals surface area contributed by atoms with Crippen molar-refractivity contribution in [3.63, 3.8) is 0 Å². The molecule has 0 fully saturated rings. The minimum absolute atomic E-state index is 0.175. The first-order valence-corrected chi connectivity index (χ1v) is 5.17. The van der Waals surface area contributed by atoms with E-state index in [9.17, 15) is 14.1 Å². The van der Waals surface area contributed by atoms with Crippen LogP contribution in [0.2, 0.25) is 0 Å². The van der Waals surface area contributed by atoms with Crippen molar-refractivity contribution in [3.05, 3.63) is 27.5 Å². The van der Waals surface area contributed by atoms with E-state index in [2.05, 4.69) is 0 Å². The predicted molar refractivity (Wildman–Crippen MR) is 52.6 cm³/mol. The Morgan fingerprint density at radius 2 is 2.14 bits per heavy atom. The normalized spacial score (nSPS) is 12.8. The van der Waals surface area contributed by atoms with Gasteiger partial charge in [-0.15, -0.1) is 0 Å². The van der Waals surface area contributed by atoms with Crippen LogP contribution >= 0.6 is 0 Å². The highest BCUT2D eigenvalue weighted by atomic mass is 32.2. The first-order valence-electron chi connectivity index (χ1n) is 3.89. The zero-order valence-electron chi connectivity index (χ0n) is 7.85. The van der Waals surface area contributed by atoms with Crippen molar-refractivity contribution in [2.45, 2.75) is 12.7 Å². The number of pyridine rings is 1. The smallest absolute Gasteiger partial charge is 0.253 e. The molecule has 0 aliphatic heterocycles. The number of nitrogens with zero attached hydrogens (tertiary/aromatic N) is 1. The molecule has 5 nitrogen and oxygen atoms in total. The summed E-state index contributed by atoms with van der Waals surface area (Å²) < 4.78 is 20.3. The van der Waals surface area contributed by atoms with Crippen LogP contribution in [0, 0.1) is 6.92 Å². The van der Waals surface area contributed by atoms with Crippen LogP contribution in [0.5, 0.6) is 5.88 Å². The maximum Gasteiger partial charge on any atom is 0.253 e. The molecule has 1 aromatic heterocycles. The van der Waals surface area contributed by atoms with Gasteiger partial charge in [0.25, 0.3) is 5.56 Å². The van der Waals surface area contributed by atoms with E-state index in [1.54, 1.807) is 6.92 Å². The van der Waals surface area contributed by atoms with Crippen LogP contribution in [0.25, 0.3) is 0 Å². The van der Waals surface area contributed by atoms with Gasteiger partial charge in [0.1, 0.15) is 0 Å². The van der Waals surface area contributed by atoms with Gasteiger partial charge in [-0.25, -0.2) is 4.21 Å². The second kappa shape index (κ2) is 3.93. The third kappa shape index (κ3) is 2.02. The monoisotopic (exact) mass is 217 g/mol. The average molecular weight is 217 g/mol. The van der Waals surface area contributed by atoms with Crippen LogP contribution in [0.4, 0.5) is 0 Å². The van der Waals surface area contributed by atoms with Gasteiger partial charge in [-0.3, -0.25) is 9.36 Å². The summed E-state index contributed by atoms with van der Waals surface area (Å²) in [5.74, 6) is -0.427. The summed E-state index contributed by atoms with van der Waals surface area (Å²) in [4.78, 5) is 11.2. The maximum atomic E-state index is 11.2. The number of hydrogen-bond donors (Lipinski definition) is 2. The third-order valence-electron chi connectivity index (χ3n) is 2.00. The quantitative estimate of drug-likeness (QED) is 0.690. The predicted octanol–water partition coefficient (Wildman–Crippen LogP) is 0.121. The third-order valence-corrected chi connectivity index (χ3v) is 2.54. The van der Waals surface area contributed by atoms with E-state index in [0.29, 0.717) is 11.1 Å². The van der Waals surface area contributed by atoms with Crippen molar-refractivity contribution in [3.8, 4) is 5.88 Å². The summed E-state index contributed by atoms with van der Waals surface area (Å²) in [5.41, 5.74) is 0.508. The van der Waals surface area contributed by atoms with Gasteiger partial charge in [-0.05, 0) is 12.5 Å². The molecule has 0 saturated heterocycles. The first kappa shape index (κ1) is 10.9. The zero-order chi connectivity index (χ0) is 10.9. The molecule has 0 spiro atoms. The zero-order valence-corrected chi connectivity index (χ0v) is 8.67. The number of aromatic nitrogens is 1. The minimum atomic E-state index is -2.03. The summed E-state index contributed by atoms with van der Waals surface area (Å²) in [6, 6.07) is 1.32. The summed E-state index contributed by atoms with van der Waals surface area (Å²) in [5, 5.41) is 9.53. The van der Waals surface area contributed by atoms with Crippen molar-refractivity contribution in [1.29, 1.82) is 0 Å². The number of hydrogen-bond acceptors (Lipinski definition) is 3. The van der Waals surface area contributed by atoms with Gasteiger partial charge in [-0.2, -0.15) is 0 Å². The first-order chi connectivity index (χ1) is 6.43. The van der Waals surface area contributed by atoms with E-state index in [0.717, 1.165) is 4.57 Å². The average Bonchev–Trinajstić information content (AvgIpc) is 2.09. The van der Waals surface area contributed by atoms with Crippen LogP contribution in [-0.4, -0.2) is 18.4 Å². The van der Waals surface area contributed by atoms with Crippen molar-refractivity contribution in [1.82, 2.24) is 4.57 Å². The molecule has 0 aromatic carbocycles. The van der Waals surface area contributed by atoms with E-state index in [-0.39, 0.29) is 17.2 Å². The van der Waals surface area contributed by atoms with Crippen LogP contribution in [-0.2, 0) is 23.9 Å². The van der Waals surface area contributed by atoms with E-state index in [1.165, 1.54) is 13.1 Å². The van der Waals surface area contributed by atoms with Gasteiger partial charge >= 0.3 is 0 Å². The molecule has 0 aliphatic carbocycles. The Hall–Kier alpha value is -1.14. The highest BCUT2D eigenvalue weighted by Crippen LogP contribution is 2.18. The Labute approximate surface area is 83.3 Å². The van der Waals surface area contributed by atoms with Gasteiger partial charge in [0.05, 0.1) is 5.75 Å². The van der Waals surface area contributed by atoms with E-state index >= 15 is 0 Å². The molecule has 0 amide bonds. The number of rotatable bonds is 2. The molecule has 0 aliphatic rings. The van der Waals surface area contributed by atoms with Crippen LogP contribution in [0.1, 0.15) is 11.1 Å². The Bertz CT molecular complexity index is 438. The number of aromatic hydroxyl groups is 1. The fourth-order valence-corrected chi connectivity index (χ4v) is 1.76. The SMILES string of the molecule is Cc1cc(=O)n(C)c(O)c1CS(=O)O. The second-order valence-corrected chi connectivity index (χ2v) is 3.92. The van der Waals surface area contributed by atoms with Crippen LogP contribution in [0.3, 0.4) is 0 Å². The van der Waals surface area contributed by atoms with Crippen molar-refractivity contribution in [2.24, 2.45) is 7.05 Å². The standard InChI is InChI=1S/C8H11NO4S/c1-5-3-7(10)9(2)8(11)6(5)4-14(12)13/h3,11H,4H2,1-2H3,(H,12,13). The molecule has 0 radical (unpaired) electrons. The Morgan fingerprint density at radius 3 is 2.64 bits per heavy atom. The van der Waals surface area contributed by atoms with Crippen LogP contribution < -0.4 is 5.56 Å². The van der Waals surface area contributed by atoms with Gasteiger partial charge in [-0.1, -0.05) is 0 Å². The Kier molecular flexibility index (Phi) is 3.07. The van der Waals surface area contributed by atoms with Gasteiger partial charge in [0, 0.05) is 18.7 Å². The van der Waals surface area contributed by atoms with E-state index in [4.69, 9.17) is 4.55 Å². The lowest BCUT2D eigenvalue weighted by Gasteiger charge is -2.09. The molecule has 78 valence electrons. The summed E-state index contributed by atoms with van der Waals surface area (Å²) >= 11 is -2.03. The van der Waals surface area contributed by atoms with Gasteiger partial charge < -0.3 is 9.66 Å². The molecule has 1 atom stereocenters. The molecule has 1 rings (SSSR count). The largest absolute Gasteiger partial charge is 0.494 e. The molecule has 1 unspecified atom stereocenters. The lowest BCUT2D eigenvalue weighted by Crippen LogP contribution is -2.18. The molecule has 0 saturated carbocycles. The summed E-state index contributed by atoms with van der Waals surface area (Å²) in [7, 11) is 1.40. The molecule has 6 heteroatoms. The van der Waals surface area contributed by atoms with E-state index in [1.807, 2.05) is 0 Å². The van der Waals surface area contributed by atoms with Gasteiger partial charge in [0.2, 0.25) is 0 Å². The maximum absolute atomic E-state index is 11.2. The lowest BCUT2D eigenvalue weighted by molar-refractivity contribution is 0.416. The molecular formula is C8H11NO4S. The van der Waals surface area contributed by atoms with E-state index < -0.39 is 11.1 Å². The molecule has 0 bridgehead atoms. The molecule has 14 heavy (non-hydrogen) atoms.